The summed E-state index contributed by atoms with van der Waals surface area (Å²) in [7, 11) is 0. The van der Waals surface area contributed by atoms with Crippen molar-refractivity contribution >= 4 is 69.8 Å². The number of ether oxygens (including phenoxy) is 1. The lowest BCUT2D eigenvalue weighted by Crippen LogP contribution is -2.50. The molecule has 2 aromatic rings. The Morgan fingerprint density at radius 3 is 2.42 bits per heavy atom. The molecule has 0 aliphatic carbocycles. The second-order valence-electron chi connectivity index (χ2n) is 10.5. The van der Waals surface area contributed by atoms with E-state index in [1.807, 2.05) is 24.8 Å². The maximum absolute atomic E-state index is 13.4. The quantitative estimate of drug-likeness (QED) is 0.215. The molecule has 40 heavy (non-hydrogen) atoms. The number of pyridine rings is 1. The Morgan fingerprint density at radius 1 is 1.05 bits per heavy atom. The van der Waals surface area contributed by atoms with Crippen LogP contribution in [0.15, 0.2) is 30.3 Å². The van der Waals surface area contributed by atoms with E-state index in [0.717, 1.165) is 38.0 Å². The number of hydrogen-bond acceptors (Lipinski definition) is 7. The number of fused-ring (bicyclic) bond motifs is 1. The topological polar surface area (TPSA) is 98.3 Å². The van der Waals surface area contributed by atoms with Crippen LogP contribution in [0, 0.1) is 0 Å². The van der Waals surface area contributed by atoms with Crippen LogP contribution < -0.4 is 10.2 Å². The molecule has 1 aromatic carbocycles. The number of anilines is 2. The number of nitrogens with one attached hydrogen (secondary N) is 1. The molecule has 3 aliphatic rings. The maximum atomic E-state index is 13.4. The number of cyclic esters (lactones) is 1. The van der Waals surface area contributed by atoms with E-state index in [1.54, 1.807) is 34.1 Å². The van der Waals surface area contributed by atoms with Gasteiger partial charge in [-0.05, 0) is 75.8 Å². The number of carbonyl (C=O) groups excluding carboxylic acids is 3. The Labute approximate surface area is 248 Å². The van der Waals surface area contributed by atoms with Crippen molar-refractivity contribution in [2.45, 2.75) is 38.8 Å². The van der Waals surface area contributed by atoms with E-state index in [9.17, 15) is 14.4 Å². The first kappa shape index (κ1) is 28.5. The molecule has 0 unspecified atom stereocenters. The van der Waals surface area contributed by atoms with Crippen LogP contribution in [0.3, 0.4) is 0 Å². The molecule has 3 amide bonds. The largest absolute Gasteiger partial charge is 0.457 e. The van der Waals surface area contributed by atoms with Gasteiger partial charge in [-0.2, -0.15) is 0 Å². The highest BCUT2D eigenvalue weighted by atomic mass is 35.5. The van der Waals surface area contributed by atoms with Gasteiger partial charge < -0.3 is 19.9 Å². The number of piperazine rings is 1. The number of aromatic nitrogens is 1. The van der Waals surface area contributed by atoms with Gasteiger partial charge in [0.25, 0.3) is 5.91 Å². The van der Waals surface area contributed by atoms with Crippen molar-refractivity contribution in [3.63, 3.8) is 0 Å². The molecule has 212 valence electrons. The van der Waals surface area contributed by atoms with Crippen molar-refractivity contribution in [3.8, 4) is 0 Å². The maximum Gasteiger partial charge on any atom is 0.338 e. The van der Waals surface area contributed by atoms with Crippen molar-refractivity contribution in [1.82, 2.24) is 19.7 Å². The van der Waals surface area contributed by atoms with Gasteiger partial charge in [-0.15, -0.1) is 0 Å². The van der Waals surface area contributed by atoms with Crippen molar-refractivity contribution < 1.29 is 19.1 Å². The number of carbonyl (C=O) groups is 3. The molecule has 0 bridgehead atoms. The van der Waals surface area contributed by atoms with E-state index in [1.165, 1.54) is 0 Å². The summed E-state index contributed by atoms with van der Waals surface area (Å²) in [5, 5.41) is 3.74. The lowest BCUT2D eigenvalue weighted by molar-refractivity contribution is -0.123. The minimum Gasteiger partial charge on any atom is -0.457 e. The highest BCUT2D eigenvalue weighted by Gasteiger charge is 2.49. The standard InChI is InChI=1S/C27H30Cl2N6O4S/c1-27(2)24(37)35(19-5-6-20-17(13-19)16-39-23(20)36)26(40)34(27)8-4-3-7-32-9-11-33(12-10-32)25(38)30-18-14-21(28)31-22(29)15-18/h5-6,13-15H,3-4,7-12,16H2,1-2H3,(H,30,31,38). The fourth-order valence-corrected chi connectivity index (χ4v) is 6.19. The van der Waals surface area contributed by atoms with Crippen molar-refractivity contribution in [2.24, 2.45) is 0 Å². The van der Waals surface area contributed by atoms with E-state index in [2.05, 4.69) is 15.2 Å². The molecule has 10 nitrogen and oxygen atoms in total. The Hall–Kier alpha value is -2.99. The number of hydrogen-bond donors (Lipinski definition) is 1. The molecular formula is C27H30Cl2N6O4S. The number of rotatable bonds is 7. The lowest BCUT2D eigenvalue weighted by atomic mass is 10.0. The first-order chi connectivity index (χ1) is 19.0. The fraction of sp³-hybridized carbons (Fsp3) is 0.444. The normalized spacial score (nSPS) is 18.8. The molecule has 4 heterocycles. The van der Waals surface area contributed by atoms with Crippen LogP contribution in [-0.2, 0) is 16.1 Å². The first-order valence-corrected chi connectivity index (χ1v) is 14.3. The second kappa shape index (κ2) is 11.5. The molecule has 0 radical (unpaired) electrons. The van der Waals surface area contributed by atoms with Gasteiger partial charge in [0, 0.05) is 44.0 Å². The van der Waals surface area contributed by atoms with E-state index in [0.29, 0.717) is 41.7 Å². The minimum atomic E-state index is -0.773. The van der Waals surface area contributed by atoms with Gasteiger partial charge in [-0.1, -0.05) is 23.2 Å². The third-order valence-electron chi connectivity index (χ3n) is 7.53. The molecule has 2 fully saturated rings. The summed E-state index contributed by atoms with van der Waals surface area (Å²) in [5.74, 6) is -0.433. The SMILES string of the molecule is CC1(C)C(=O)N(c2ccc3c(c2)COC3=O)C(=S)N1CCCCN1CCN(C(=O)Nc2cc(Cl)nc(Cl)c2)CC1. The first-order valence-electron chi connectivity index (χ1n) is 13.1. The van der Waals surface area contributed by atoms with Gasteiger partial charge in [0.1, 0.15) is 22.5 Å². The average molecular weight is 606 g/mol. The highest BCUT2D eigenvalue weighted by molar-refractivity contribution is 7.80. The number of esters is 1. The zero-order valence-electron chi connectivity index (χ0n) is 22.3. The predicted molar refractivity (Wildman–Crippen MR) is 157 cm³/mol. The van der Waals surface area contributed by atoms with Crippen LogP contribution in [0.2, 0.25) is 10.3 Å². The van der Waals surface area contributed by atoms with Crippen molar-refractivity contribution in [3.05, 3.63) is 51.8 Å². The Bertz CT molecular complexity index is 1340. The Kier molecular flexibility index (Phi) is 8.19. The van der Waals surface area contributed by atoms with Crippen molar-refractivity contribution in [2.75, 3.05) is 49.5 Å². The number of thiocarbonyl (C=S) groups is 1. The molecule has 2 saturated heterocycles. The fourth-order valence-electron chi connectivity index (χ4n) is 5.22. The molecule has 5 rings (SSSR count). The van der Waals surface area contributed by atoms with Crippen molar-refractivity contribution in [1.29, 1.82) is 0 Å². The van der Waals surface area contributed by atoms with Gasteiger partial charge >= 0.3 is 12.0 Å². The Morgan fingerprint density at radius 2 is 1.73 bits per heavy atom. The molecule has 13 heteroatoms. The molecule has 0 spiro atoms. The highest BCUT2D eigenvalue weighted by Crippen LogP contribution is 2.34. The Balaban J connectivity index is 1.09. The van der Waals surface area contributed by atoms with Crippen LogP contribution >= 0.6 is 35.4 Å². The second-order valence-corrected chi connectivity index (χ2v) is 11.7. The van der Waals surface area contributed by atoms with E-state index in [-0.39, 0.29) is 34.8 Å². The molecule has 1 aromatic heterocycles. The number of nitrogens with zero attached hydrogens (tertiary/aromatic N) is 5. The average Bonchev–Trinajstić information content (AvgIpc) is 3.35. The van der Waals surface area contributed by atoms with Gasteiger partial charge in [-0.25, -0.2) is 14.6 Å². The summed E-state index contributed by atoms with van der Waals surface area (Å²) in [4.78, 5) is 49.4. The third-order valence-corrected chi connectivity index (χ3v) is 8.32. The van der Waals surface area contributed by atoms with Crippen LogP contribution in [0.4, 0.5) is 16.2 Å². The van der Waals surface area contributed by atoms with E-state index < -0.39 is 5.54 Å². The van der Waals surface area contributed by atoms with E-state index >= 15 is 0 Å². The third kappa shape index (κ3) is 5.74. The molecule has 0 atom stereocenters. The smallest absolute Gasteiger partial charge is 0.338 e. The van der Waals surface area contributed by atoms with Gasteiger partial charge in [0.2, 0.25) is 0 Å². The molecule has 1 N–H and O–H groups in total. The minimum absolute atomic E-state index is 0.0894. The number of amides is 3. The summed E-state index contributed by atoms with van der Waals surface area (Å²) in [6, 6.07) is 8.18. The predicted octanol–water partition coefficient (Wildman–Crippen LogP) is 4.40. The zero-order chi connectivity index (χ0) is 28.6. The number of benzene rings is 1. The van der Waals surface area contributed by atoms with Gasteiger partial charge in [0.15, 0.2) is 5.11 Å². The van der Waals surface area contributed by atoms with Gasteiger partial charge in [-0.3, -0.25) is 14.6 Å². The monoisotopic (exact) mass is 604 g/mol. The summed E-state index contributed by atoms with van der Waals surface area (Å²) in [6.07, 6.45) is 1.80. The lowest BCUT2D eigenvalue weighted by Gasteiger charge is -2.35. The number of urea groups is 1. The molecular weight excluding hydrogens is 575 g/mol. The summed E-state index contributed by atoms with van der Waals surface area (Å²) >= 11 is 17.6. The summed E-state index contributed by atoms with van der Waals surface area (Å²) in [5.41, 5.74) is 1.68. The number of halogens is 2. The van der Waals surface area contributed by atoms with Crippen LogP contribution in [0.1, 0.15) is 42.6 Å². The van der Waals surface area contributed by atoms with Crippen LogP contribution in [0.25, 0.3) is 0 Å². The van der Waals surface area contributed by atoms with Crippen LogP contribution in [-0.4, -0.2) is 87.5 Å². The van der Waals surface area contributed by atoms with E-state index in [4.69, 9.17) is 40.2 Å². The van der Waals surface area contributed by atoms with Crippen LogP contribution in [0.5, 0.6) is 0 Å². The molecule has 0 saturated carbocycles. The molecule has 3 aliphatic heterocycles. The summed E-state index contributed by atoms with van der Waals surface area (Å²) in [6.45, 7) is 8.30. The number of unbranched alkanes of at least 4 members (excludes halogenated alkanes) is 1. The van der Waals surface area contributed by atoms with Gasteiger partial charge in [0.05, 0.1) is 11.3 Å². The zero-order valence-corrected chi connectivity index (χ0v) is 24.6. The summed E-state index contributed by atoms with van der Waals surface area (Å²) < 4.78 is 5.10.